The van der Waals surface area contributed by atoms with Gasteiger partial charge < -0.3 is 20.1 Å². The molecule has 2 N–H and O–H groups in total. The number of amides is 1. The zero-order valence-electron chi connectivity index (χ0n) is 14.9. The van der Waals surface area contributed by atoms with Crippen molar-refractivity contribution in [1.29, 1.82) is 0 Å². The maximum Gasteiger partial charge on any atom is 0.407 e. The Hall–Kier alpha value is -0.850. The molecular formula is C17H33N3O3. The molecule has 1 saturated carbocycles. The van der Waals surface area contributed by atoms with Crippen LogP contribution >= 0.6 is 0 Å². The molecule has 2 unspecified atom stereocenters. The van der Waals surface area contributed by atoms with Gasteiger partial charge in [-0.1, -0.05) is 0 Å². The van der Waals surface area contributed by atoms with E-state index in [-0.39, 0.29) is 12.1 Å². The molecule has 2 atom stereocenters. The molecule has 0 radical (unpaired) electrons. The van der Waals surface area contributed by atoms with E-state index in [4.69, 9.17) is 9.47 Å². The summed E-state index contributed by atoms with van der Waals surface area (Å²) in [5.41, 5.74) is -0.431. The van der Waals surface area contributed by atoms with Gasteiger partial charge in [0, 0.05) is 25.2 Å². The predicted molar refractivity (Wildman–Crippen MR) is 90.7 cm³/mol. The standard InChI is InChI=1S/C17H33N3O3/c1-17(2,3)23-16(21)19-15-6-5-14(13-15)18-7-4-8-20-9-11-22-12-10-20/h14-15,18H,4-13H2,1-3H3,(H,19,21). The van der Waals surface area contributed by atoms with Crippen LogP contribution in [0.1, 0.15) is 46.5 Å². The zero-order valence-corrected chi connectivity index (χ0v) is 14.9. The minimum absolute atomic E-state index is 0.238. The van der Waals surface area contributed by atoms with E-state index in [1.165, 1.54) is 6.42 Å². The number of ether oxygens (including phenoxy) is 2. The first-order valence-corrected chi connectivity index (χ1v) is 8.95. The summed E-state index contributed by atoms with van der Waals surface area (Å²) in [7, 11) is 0. The van der Waals surface area contributed by atoms with Crippen molar-refractivity contribution in [2.24, 2.45) is 0 Å². The number of alkyl carbamates (subject to hydrolysis) is 1. The molecule has 1 aliphatic carbocycles. The third-order valence-corrected chi connectivity index (χ3v) is 4.34. The van der Waals surface area contributed by atoms with Crippen LogP contribution in [0.3, 0.4) is 0 Å². The average molecular weight is 327 g/mol. The fourth-order valence-corrected chi connectivity index (χ4v) is 3.21. The van der Waals surface area contributed by atoms with Crippen LogP contribution in [0, 0.1) is 0 Å². The van der Waals surface area contributed by atoms with Crippen molar-refractivity contribution < 1.29 is 14.3 Å². The molecule has 23 heavy (non-hydrogen) atoms. The van der Waals surface area contributed by atoms with E-state index in [1.54, 1.807) is 0 Å². The first-order chi connectivity index (χ1) is 10.9. The second-order valence-corrected chi connectivity index (χ2v) is 7.61. The topological polar surface area (TPSA) is 62.8 Å². The lowest BCUT2D eigenvalue weighted by molar-refractivity contribution is 0.0373. The lowest BCUT2D eigenvalue weighted by atomic mass is 10.2. The molecule has 2 fully saturated rings. The number of hydrogen-bond donors (Lipinski definition) is 2. The number of nitrogens with zero attached hydrogens (tertiary/aromatic N) is 1. The molecule has 2 rings (SSSR count). The maximum atomic E-state index is 11.8. The Labute approximate surface area is 140 Å². The lowest BCUT2D eigenvalue weighted by Crippen LogP contribution is -2.40. The van der Waals surface area contributed by atoms with E-state index in [0.29, 0.717) is 6.04 Å². The SMILES string of the molecule is CC(C)(C)OC(=O)NC1CCC(NCCCN2CCOCC2)C1. The van der Waals surface area contributed by atoms with E-state index in [0.717, 1.165) is 58.7 Å². The summed E-state index contributed by atoms with van der Waals surface area (Å²) in [5, 5.41) is 6.61. The van der Waals surface area contributed by atoms with Gasteiger partial charge in [-0.05, 0) is 59.5 Å². The van der Waals surface area contributed by atoms with Crippen LogP contribution in [0.15, 0.2) is 0 Å². The highest BCUT2D eigenvalue weighted by molar-refractivity contribution is 5.68. The molecule has 1 aliphatic heterocycles. The Balaban J connectivity index is 1.54. The summed E-state index contributed by atoms with van der Waals surface area (Å²) in [4.78, 5) is 14.3. The largest absolute Gasteiger partial charge is 0.444 e. The molecule has 0 spiro atoms. The number of carbonyl (C=O) groups excluding carboxylic acids is 1. The van der Waals surface area contributed by atoms with Gasteiger partial charge in [0.25, 0.3) is 0 Å². The van der Waals surface area contributed by atoms with Gasteiger partial charge in [-0.2, -0.15) is 0 Å². The van der Waals surface area contributed by atoms with Crippen molar-refractivity contribution in [2.45, 2.75) is 64.1 Å². The molecule has 2 aliphatic rings. The number of carbonyl (C=O) groups is 1. The number of hydrogen-bond acceptors (Lipinski definition) is 5. The summed E-state index contributed by atoms with van der Waals surface area (Å²) in [6.45, 7) is 11.7. The van der Waals surface area contributed by atoms with Gasteiger partial charge in [0.15, 0.2) is 0 Å². The summed E-state index contributed by atoms with van der Waals surface area (Å²) in [6, 6.07) is 0.751. The number of nitrogens with one attached hydrogen (secondary N) is 2. The molecule has 6 heteroatoms. The van der Waals surface area contributed by atoms with Gasteiger partial charge in [-0.15, -0.1) is 0 Å². The van der Waals surface area contributed by atoms with Crippen LogP contribution < -0.4 is 10.6 Å². The van der Waals surface area contributed by atoms with Crippen LogP contribution in [0.4, 0.5) is 4.79 Å². The highest BCUT2D eigenvalue weighted by Crippen LogP contribution is 2.19. The Morgan fingerprint density at radius 2 is 1.91 bits per heavy atom. The van der Waals surface area contributed by atoms with Crippen LogP contribution in [0.2, 0.25) is 0 Å². The summed E-state index contributed by atoms with van der Waals surface area (Å²) >= 11 is 0. The van der Waals surface area contributed by atoms with Crippen molar-refractivity contribution >= 4 is 6.09 Å². The molecule has 6 nitrogen and oxygen atoms in total. The first kappa shape index (κ1) is 18.5. The molecular weight excluding hydrogens is 294 g/mol. The highest BCUT2D eigenvalue weighted by Gasteiger charge is 2.27. The van der Waals surface area contributed by atoms with Crippen LogP contribution in [0.25, 0.3) is 0 Å². The highest BCUT2D eigenvalue weighted by atomic mass is 16.6. The molecule has 0 aromatic rings. The average Bonchev–Trinajstić information content (AvgIpc) is 2.90. The molecule has 134 valence electrons. The fourth-order valence-electron chi connectivity index (χ4n) is 3.21. The van der Waals surface area contributed by atoms with Crippen LogP contribution in [-0.2, 0) is 9.47 Å². The molecule has 0 aromatic carbocycles. The second-order valence-electron chi connectivity index (χ2n) is 7.61. The van der Waals surface area contributed by atoms with Gasteiger partial charge in [0.05, 0.1) is 13.2 Å². The minimum atomic E-state index is -0.431. The van der Waals surface area contributed by atoms with Crippen LogP contribution in [0.5, 0.6) is 0 Å². The Kier molecular flexibility index (Phi) is 7.11. The zero-order chi connectivity index (χ0) is 16.7. The van der Waals surface area contributed by atoms with Gasteiger partial charge in [-0.3, -0.25) is 4.90 Å². The van der Waals surface area contributed by atoms with Crippen molar-refractivity contribution in [3.63, 3.8) is 0 Å². The molecule has 1 heterocycles. The van der Waals surface area contributed by atoms with Crippen molar-refractivity contribution in [3.8, 4) is 0 Å². The Morgan fingerprint density at radius 1 is 1.22 bits per heavy atom. The van der Waals surface area contributed by atoms with Gasteiger partial charge in [0.2, 0.25) is 0 Å². The van der Waals surface area contributed by atoms with Crippen molar-refractivity contribution in [2.75, 3.05) is 39.4 Å². The second kappa shape index (κ2) is 8.85. The van der Waals surface area contributed by atoms with E-state index in [2.05, 4.69) is 15.5 Å². The molecule has 0 bridgehead atoms. The minimum Gasteiger partial charge on any atom is -0.444 e. The summed E-state index contributed by atoms with van der Waals surface area (Å²) in [5.74, 6) is 0. The fraction of sp³-hybridized carbons (Fsp3) is 0.941. The van der Waals surface area contributed by atoms with E-state index < -0.39 is 5.60 Å². The van der Waals surface area contributed by atoms with Gasteiger partial charge in [0.1, 0.15) is 5.60 Å². The summed E-state index contributed by atoms with van der Waals surface area (Å²) < 4.78 is 10.7. The number of morpholine rings is 1. The summed E-state index contributed by atoms with van der Waals surface area (Å²) in [6.07, 6.45) is 4.02. The smallest absolute Gasteiger partial charge is 0.407 e. The normalized spacial score (nSPS) is 26.2. The third-order valence-electron chi connectivity index (χ3n) is 4.34. The third kappa shape index (κ3) is 7.50. The maximum absolute atomic E-state index is 11.8. The molecule has 0 aromatic heterocycles. The monoisotopic (exact) mass is 327 g/mol. The molecule has 1 amide bonds. The lowest BCUT2D eigenvalue weighted by Gasteiger charge is -2.26. The van der Waals surface area contributed by atoms with Crippen molar-refractivity contribution in [1.82, 2.24) is 15.5 Å². The Bertz CT molecular complexity index is 365. The van der Waals surface area contributed by atoms with Crippen LogP contribution in [-0.4, -0.2) is 68.1 Å². The molecule has 1 saturated heterocycles. The van der Waals surface area contributed by atoms with Gasteiger partial charge in [-0.25, -0.2) is 4.79 Å². The first-order valence-electron chi connectivity index (χ1n) is 8.95. The predicted octanol–water partition coefficient (Wildman–Crippen LogP) is 1.74. The van der Waals surface area contributed by atoms with E-state index in [9.17, 15) is 4.79 Å². The number of rotatable bonds is 6. The van der Waals surface area contributed by atoms with E-state index >= 15 is 0 Å². The quantitative estimate of drug-likeness (QED) is 0.728. The Morgan fingerprint density at radius 3 is 2.61 bits per heavy atom. The van der Waals surface area contributed by atoms with Crippen molar-refractivity contribution in [3.05, 3.63) is 0 Å². The van der Waals surface area contributed by atoms with E-state index in [1.807, 2.05) is 20.8 Å². The van der Waals surface area contributed by atoms with Gasteiger partial charge >= 0.3 is 6.09 Å².